The van der Waals surface area contributed by atoms with Gasteiger partial charge in [0, 0.05) is 6.61 Å². The Hall–Kier alpha value is -0.730. The minimum atomic E-state index is 0.134. The minimum absolute atomic E-state index is 0.134. The number of phenolic OH excluding ortho intramolecular Hbond substituents is 1. The molecular weight excluding hydrogens is 200 g/mol. The Morgan fingerprint density at radius 1 is 1.36 bits per heavy atom. The maximum Gasteiger partial charge on any atom is 0.134 e. The van der Waals surface area contributed by atoms with E-state index in [0.717, 1.165) is 29.5 Å². The number of aliphatic hydroxyl groups excluding tert-OH is 1. The van der Waals surface area contributed by atoms with Gasteiger partial charge in [0.2, 0.25) is 0 Å². The van der Waals surface area contributed by atoms with Gasteiger partial charge in [-0.25, -0.2) is 0 Å². The van der Waals surface area contributed by atoms with E-state index >= 15 is 0 Å². The summed E-state index contributed by atoms with van der Waals surface area (Å²) < 4.78 is 0. The molecule has 2 N–H and O–H groups in total. The number of rotatable bonds is 3. The largest absolute Gasteiger partial charge is 0.506 e. The number of aryl methyl sites for hydroxylation is 1. The third-order valence-corrected chi connectivity index (χ3v) is 2.90. The Labute approximate surface area is 89.1 Å². The molecule has 0 atom stereocenters. The third kappa shape index (κ3) is 2.20. The zero-order valence-electron chi connectivity index (χ0n) is 8.47. The second-order valence-corrected chi connectivity index (χ2v) is 3.84. The van der Waals surface area contributed by atoms with E-state index in [-0.39, 0.29) is 12.4 Å². The van der Waals surface area contributed by atoms with Gasteiger partial charge in [0.25, 0.3) is 0 Å². The first-order valence-corrected chi connectivity index (χ1v) is 5.04. The Kier molecular flexibility index (Phi) is 3.78. The van der Waals surface area contributed by atoms with Crippen LogP contribution in [0.3, 0.4) is 0 Å². The van der Waals surface area contributed by atoms with Crippen molar-refractivity contribution >= 4 is 11.6 Å². The zero-order chi connectivity index (χ0) is 10.7. The van der Waals surface area contributed by atoms with Crippen LogP contribution in [-0.4, -0.2) is 16.8 Å². The molecule has 0 spiro atoms. The molecule has 3 heteroatoms. The fourth-order valence-electron chi connectivity index (χ4n) is 1.62. The Morgan fingerprint density at radius 2 is 2.00 bits per heavy atom. The third-order valence-electron chi connectivity index (χ3n) is 2.42. The summed E-state index contributed by atoms with van der Waals surface area (Å²) in [7, 11) is 0. The molecule has 0 amide bonds. The van der Waals surface area contributed by atoms with Gasteiger partial charge in [-0.1, -0.05) is 11.6 Å². The quantitative estimate of drug-likeness (QED) is 0.812. The summed E-state index contributed by atoms with van der Waals surface area (Å²) in [5.41, 5.74) is 3.07. The number of aliphatic hydroxyl groups is 1. The fraction of sp³-hybridized carbons (Fsp3) is 0.455. The van der Waals surface area contributed by atoms with Gasteiger partial charge in [-0.3, -0.25) is 0 Å². The highest BCUT2D eigenvalue weighted by atomic mass is 35.5. The molecular formula is C11H15ClO2. The van der Waals surface area contributed by atoms with Gasteiger partial charge in [0.05, 0.1) is 5.02 Å². The van der Waals surface area contributed by atoms with E-state index < -0.39 is 0 Å². The average molecular weight is 215 g/mol. The first-order valence-electron chi connectivity index (χ1n) is 4.66. The van der Waals surface area contributed by atoms with Gasteiger partial charge in [-0.05, 0) is 49.4 Å². The molecule has 0 aliphatic rings. The smallest absolute Gasteiger partial charge is 0.134 e. The molecule has 14 heavy (non-hydrogen) atoms. The lowest BCUT2D eigenvalue weighted by molar-refractivity contribution is 0.288. The Bertz CT molecular complexity index is 335. The van der Waals surface area contributed by atoms with Crippen molar-refractivity contribution in [3.05, 3.63) is 27.8 Å². The van der Waals surface area contributed by atoms with Gasteiger partial charge < -0.3 is 10.2 Å². The van der Waals surface area contributed by atoms with Crippen LogP contribution >= 0.6 is 11.6 Å². The predicted molar refractivity (Wildman–Crippen MR) is 58.0 cm³/mol. The van der Waals surface area contributed by atoms with Crippen LogP contribution in [0.5, 0.6) is 5.75 Å². The molecule has 0 aliphatic heterocycles. The number of aromatic hydroxyl groups is 1. The summed E-state index contributed by atoms with van der Waals surface area (Å²) in [6.07, 6.45) is 1.52. The molecule has 0 radical (unpaired) electrons. The van der Waals surface area contributed by atoms with Crippen LogP contribution in [0, 0.1) is 13.8 Å². The summed E-state index contributed by atoms with van der Waals surface area (Å²) in [6.45, 7) is 4.01. The summed E-state index contributed by atoms with van der Waals surface area (Å²) in [5, 5.41) is 18.6. The normalized spacial score (nSPS) is 10.6. The van der Waals surface area contributed by atoms with Crippen molar-refractivity contribution in [1.29, 1.82) is 0 Å². The lowest BCUT2D eigenvalue weighted by Crippen LogP contribution is -1.97. The average Bonchev–Trinajstić information content (AvgIpc) is 2.14. The van der Waals surface area contributed by atoms with Crippen LogP contribution in [0.25, 0.3) is 0 Å². The molecule has 0 saturated heterocycles. The summed E-state index contributed by atoms with van der Waals surface area (Å²) >= 11 is 5.92. The Balaban J connectivity index is 3.09. The van der Waals surface area contributed by atoms with E-state index in [9.17, 15) is 5.11 Å². The lowest BCUT2D eigenvalue weighted by Gasteiger charge is -2.12. The van der Waals surface area contributed by atoms with Crippen LogP contribution in [-0.2, 0) is 6.42 Å². The fourth-order valence-corrected chi connectivity index (χ4v) is 1.79. The van der Waals surface area contributed by atoms with Crippen LogP contribution in [0.4, 0.5) is 0 Å². The molecule has 1 rings (SSSR count). The van der Waals surface area contributed by atoms with Crippen molar-refractivity contribution in [3.63, 3.8) is 0 Å². The van der Waals surface area contributed by atoms with E-state index in [4.69, 9.17) is 16.7 Å². The molecule has 1 aromatic carbocycles. The topological polar surface area (TPSA) is 40.5 Å². The number of phenols is 1. The van der Waals surface area contributed by atoms with Crippen LogP contribution in [0.2, 0.25) is 5.02 Å². The van der Waals surface area contributed by atoms with E-state index in [1.165, 1.54) is 0 Å². The summed E-state index contributed by atoms with van der Waals surface area (Å²) in [5.74, 6) is 0.134. The molecule has 0 aromatic heterocycles. The summed E-state index contributed by atoms with van der Waals surface area (Å²) in [6, 6.07) is 1.67. The molecule has 1 aromatic rings. The second kappa shape index (κ2) is 4.67. The highest BCUT2D eigenvalue weighted by Crippen LogP contribution is 2.32. The van der Waals surface area contributed by atoms with Crippen LogP contribution < -0.4 is 0 Å². The van der Waals surface area contributed by atoms with Crippen LogP contribution in [0.15, 0.2) is 6.07 Å². The first kappa shape index (κ1) is 11.3. The molecule has 0 saturated carbocycles. The number of halogens is 1. The maximum absolute atomic E-state index is 9.45. The maximum atomic E-state index is 9.45. The zero-order valence-corrected chi connectivity index (χ0v) is 9.23. The van der Waals surface area contributed by atoms with E-state index in [1.807, 2.05) is 13.8 Å². The second-order valence-electron chi connectivity index (χ2n) is 3.46. The summed E-state index contributed by atoms with van der Waals surface area (Å²) in [4.78, 5) is 0. The molecule has 0 unspecified atom stereocenters. The van der Waals surface area contributed by atoms with Crippen molar-refractivity contribution in [1.82, 2.24) is 0 Å². The SMILES string of the molecule is Cc1cc(O)c(Cl)c(C)c1CCCO. The van der Waals surface area contributed by atoms with Crippen LogP contribution in [0.1, 0.15) is 23.1 Å². The monoisotopic (exact) mass is 214 g/mol. The van der Waals surface area contributed by atoms with Crippen molar-refractivity contribution < 1.29 is 10.2 Å². The van der Waals surface area contributed by atoms with Gasteiger partial charge in [-0.2, -0.15) is 0 Å². The molecule has 78 valence electrons. The molecule has 0 fully saturated rings. The predicted octanol–water partition coefficient (Wildman–Crippen LogP) is 2.59. The van der Waals surface area contributed by atoms with Gasteiger partial charge >= 0.3 is 0 Å². The van der Waals surface area contributed by atoms with Crippen molar-refractivity contribution in [3.8, 4) is 5.75 Å². The highest BCUT2D eigenvalue weighted by molar-refractivity contribution is 6.32. The highest BCUT2D eigenvalue weighted by Gasteiger charge is 2.10. The Morgan fingerprint density at radius 3 is 2.57 bits per heavy atom. The van der Waals surface area contributed by atoms with Gasteiger partial charge in [0.15, 0.2) is 0 Å². The van der Waals surface area contributed by atoms with Gasteiger partial charge in [0.1, 0.15) is 5.75 Å². The van der Waals surface area contributed by atoms with Gasteiger partial charge in [-0.15, -0.1) is 0 Å². The molecule has 0 heterocycles. The molecule has 0 bridgehead atoms. The first-order chi connectivity index (χ1) is 6.57. The number of hydrogen-bond donors (Lipinski definition) is 2. The standard InChI is InChI=1S/C11H15ClO2/c1-7-6-10(14)11(12)8(2)9(7)4-3-5-13/h6,13-14H,3-5H2,1-2H3. The van der Waals surface area contributed by atoms with E-state index in [1.54, 1.807) is 6.07 Å². The lowest BCUT2D eigenvalue weighted by atomic mass is 9.98. The minimum Gasteiger partial charge on any atom is -0.506 e. The molecule has 2 nitrogen and oxygen atoms in total. The van der Waals surface area contributed by atoms with E-state index in [2.05, 4.69) is 0 Å². The number of hydrogen-bond acceptors (Lipinski definition) is 2. The van der Waals surface area contributed by atoms with Crippen molar-refractivity contribution in [2.24, 2.45) is 0 Å². The molecule has 0 aliphatic carbocycles. The van der Waals surface area contributed by atoms with Crippen molar-refractivity contribution in [2.45, 2.75) is 26.7 Å². The van der Waals surface area contributed by atoms with E-state index in [0.29, 0.717) is 5.02 Å². The number of benzene rings is 1. The van der Waals surface area contributed by atoms with Crippen molar-refractivity contribution in [2.75, 3.05) is 6.61 Å².